The molecule has 1 aromatic heterocycles. The number of carbonyl (C=O) groups excluding carboxylic acids is 1. The number of hydrogen-bond acceptors (Lipinski definition) is 3. The van der Waals surface area contributed by atoms with Crippen molar-refractivity contribution in [2.75, 3.05) is 7.05 Å². The van der Waals surface area contributed by atoms with Crippen LogP contribution in [0.1, 0.15) is 17.4 Å². The lowest BCUT2D eigenvalue weighted by Gasteiger charge is -2.08. The minimum absolute atomic E-state index is 0.0486. The van der Waals surface area contributed by atoms with Crippen LogP contribution in [0.3, 0.4) is 0 Å². The van der Waals surface area contributed by atoms with Crippen LogP contribution in [-0.4, -0.2) is 28.7 Å². The summed E-state index contributed by atoms with van der Waals surface area (Å²) in [5.74, 6) is -0.0486. The van der Waals surface area contributed by atoms with Gasteiger partial charge in [0.15, 0.2) is 5.78 Å². The normalized spacial score (nSPS) is 12.9. The van der Waals surface area contributed by atoms with Crippen molar-refractivity contribution in [1.82, 2.24) is 15.1 Å². The number of nitrogens with zero attached hydrogens (tertiary/aromatic N) is 2. The fraction of sp³-hybridized carbons (Fsp3) is 0.500. The van der Waals surface area contributed by atoms with E-state index < -0.39 is 0 Å². The van der Waals surface area contributed by atoms with Crippen molar-refractivity contribution >= 4 is 17.4 Å². The largest absolute Gasteiger partial charge is 0.310 e. The molecule has 1 unspecified atom stereocenters. The topological polar surface area (TPSA) is 46.9 Å². The predicted molar refractivity (Wildman–Crippen MR) is 51.1 cm³/mol. The third kappa shape index (κ3) is 1.89. The van der Waals surface area contributed by atoms with Crippen LogP contribution >= 0.6 is 11.6 Å². The van der Waals surface area contributed by atoms with Gasteiger partial charge >= 0.3 is 0 Å². The molecule has 0 saturated carbocycles. The van der Waals surface area contributed by atoms with Crippen LogP contribution in [0.25, 0.3) is 0 Å². The van der Waals surface area contributed by atoms with E-state index in [0.29, 0.717) is 10.7 Å². The number of halogens is 1. The number of hydrogen-bond donors (Lipinski definition) is 1. The fourth-order valence-corrected chi connectivity index (χ4v) is 1.28. The Morgan fingerprint density at radius 3 is 2.77 bits per heavy atom. The van der Waals surface area contributed by atoms with Crippen LogP contribution < -0.4 is 5.32 Å². The average molecular weight is 202 g/mol. The molecule has 1 heterocycles. The predicted octanol–water partition coefficient (Wildman–Crippen LogP) is 0.864. The molecule has 0 saturated heterocycles. The van der Waals surface area contributed by atoms with Crippen LogP contribution in [0.5, 0.6) is 0 Å². The summed E-state index contributed by atoms with van der Waals surface area (Å²) in [4.78, 5) is 11.7. The molecular formula is C8H12ClN3O. The first kappa shape index (κ1) is 10.2. The molecule has 1 atom stereocenters. The zero-order chi connectivity index (χ0) is 10.0. The zero-order valence-electron chi connectivity index (χ0n) is 7.84. The van der Waals surface area contributed by atoms with Crippen LogP contribution in [0.2, 0.25) is 5.02 Å². The average Bonchev–Trinajstić information content (AvgIpc) is 2.44. The Hall–Kier alpha value is -0.870. The third-order valence-electron chi connectivity index (χ3n) is 1.95. The van der Waals surface area contributed by atoms with Gasteiger partial charge in [0, 0.05) is 7.05 Å². The van der Waals surface area contributed by atoms with E-state index in [1.165, 1.54) is 10.9 Å². The molecule has 0 radical (unpaired) electrons. The number of rotatable bonds is 3. The maximum absolute atomic E-state index is 11.7. The maximum atomic E-state index is 11.7. The number of likely N-dealkylation sites (N-methyl/N-ethyl adjacent to an activating group) is 1. The molecule has 13 heavy (non-hydrogen) atoms. The van der Waals surface area contributed by atoms with Gasteiger partial charge in [0.25, 0.3) is 0 Å². The van der Waals surface area contributed by atoms with E-state index in [9.17, 15) is 4.79 Å². The lowest BCUT2D eigenvalue weighted by Crippen LogP contribution is -2.32. The molecule has 0 fully saturated rings. The Bertz CT molecular complexity index is 302. The summed E-state index contributed by atoms with van der Waals surface area (Å²) in [6.45, 7) is 1.78. The lowest BCUT2D eigenvalue weighted by molar-refractivity contribution is 0.0946. The highest BCUT2D eigenvalue weighted by Crippen LogP contribution is 2.15. The molecule has 1 aromatic rings. The van der Waals surface area contributed by atoms with Gasteiger partial charge in [-0.3, -0.25) is 9.48 Å². The lowest BCUT2D eigenvalue weighted by atomic mass is 10.1. The number of ketones is 1. The molecule has 0 spiro atoms. The van der Waals surface area contributed by atoms with Crippen molar-refractivity contribution in [2.45, 2.75) is 13.0 Å². The van der Waals surface area contributed by atoms with E-state index in [4.69, 9.17) is 11.6 Å². The summed E-state index contributed by atoms with van der Waals surface area (Å²) >= 11 is 5.81. The van der Waals surface area contributed by atoms with Gasteiger partial charge in [-0.2, -0.15) is 5.10 Å². The van der Waals surface area contributed by atoms with Gasteiger partial charge < -0.3 is 5.32 Å². The van der Waals surface area contributed by atoms with Crippen molar-refractivity contribution in [3.05, 3.63) is 16.9 Å². The molecule has 1 N–H and O–H groups in total. The first-order chi connectivity index (χ1) is 6.07. The summed E-state index contributed by atoms with van der Waals surface area (Å²) in [6, 6.07) is -0.243. The second-order valence-corrected chi connectivity index (χ2v) is 3.25. The summed E-state index contributed by atoms with van der Waals surface area (Å²) < 4.78 is 1.48. The van der Waals surface area contributed by atoms with E-state index in [1.807, 2.05) is 0 Å². The number of Topliss-reactive ketones (excluding diaryl/α,β-unsaturated/α-hetero) is 1. The van der Waals surface area contributed by atoms with E-state index in [-0.39, 0.29) is 11.8 Å². The van der Waals surface area contributed by atoms with Crippen LogP contribution in [0.4, 0.5) is 0 Å². The Balaban J connectivity index is 3.01. The van der Waals surface area contributed by atoms with Gasteiger partial charge in [-0.05, 0) is 14.0 Å². The second kappa shape index (κ2) is 3.89. The third-order valence-corrected chi connectivity index (χ3v) is 2.23. The van der Waals surface area contributed by atoms with Crippen molar-refractivity contribution < 1.29 is 4.79 Å². The Kier molecular flexibility index (Phi) is 3.06. The van der Waals surface area contributed by atoms with Gasteiger partial charge in [0.1, 0.15) is 5.69 Å². The van der Waals surface area contributed by atoms with Gasteiger partial charge in [0.05, 0.1) is 17.3 Å². The monoisotopic (exact) mass is 201 g/mol. The Morgan fingerprint density at radius 2 is 2.38 bits per heavy atom. The minimum Gasteiger partial charge on any atom is -0.310 e. The SMILES string of the molecule is CNC(C)C(=O)c1c(Cl)cnn1C. The molecule has 0 aliphatic carbocycles. The quantitative estimate of drug-likeness (QED) is 0.739. The number of aromatic nitrogens is 2. The number of aryl methyl sites for hydroxylation is 1. The van der Waals surface area contributed by atoms with Gasteiger partial charge in [-0.25, -0.2) is 0 Å². The highest BCUT2D eigenvalue weighted by molar-refractivity contribution is 6.33. The van der Waals surface area contributed by atoms with Crippen molar-refractivity contribution in [3.8, 4) is 0 Å². The van der Waals surface area contributed by atoms with Gasteiger partial charge in [-0.1, -0.05) is 11.6 Å². The molecule has 1 rings (SSSR count). The standard InChI is InChI=1S/C8H12ClN3O/c1-5(10-2)8(13)7-6(9)4-11-12(7)3/h4-5,10H,1-3H3. The van der Waals surface area contributed by atoms with E-state index in [2.05, 4.69) is 10.4 Å². The molecule has 0 aliphatic heterocycles. The fourth-order valence-electron chi connectivity index (χ4n) is 1.02. The molecule has 5 heteroatoms. The molecular weight excluding hydrogens is 190 g/mol. The molecule has 0 aromatic carbocycles. The second-order valence-electron chi connectivity index (χ2n) is 2.84. The number of carbonyl (C=O) groups is 1. The van der Waals surface area contributed by atoms with E-state index >= 15 is 0 Å². The summed E-state index contributed by atoms with van der Waals surface area (Å²) in [7, 11) is 3.42. The summed E-state index contributed by atoms with van der Waals surface area (Å²) in [5, 5.41) is 7.15. The van der Waals surface area contributed by atoms with Gasteiger partial charge in [0.2, 0.25) is 0 Å². The first-order valence-electron chi connectivity index (χ1n) is 3.97. The molecule has 72 valence electrons. The van der Waals surface area contributed by atoms with Crippen molar-refractivity contribution in [3.63, 3.8) is 0 Å². The highest BCUT2D eigenvalue weighted by Gasteiger charge is 2.19. The van der Waals surface area contributed by atoms with E-state index in [1.54, 1.807) is 21.0 Å². The molecule has 0 bridgehead atoms. The molecule has 4 nitrogen and oxygen atoms in total. The van der Waals surface area contributed by atoms with E-state index in [0.717, 1.165) is 0 Å². The van der Waals surface area contributed by atoms with Crippen LogP contribution in [-0.2, 0) is 7.05 Å². The molecule has 0 aliphatic rings. The smallest absolute Gasteiger partial charge is 0.198 e. The van der Waals surface area contributed by atoms with Crippen molar-refractivity contribution in [1.29, 1.82) is 0 Å². The highest BCUT2D eigenvalue weighted by atomic mass is 35.5. The minimum atomic E-state index is -0.243. The molecule has 0 amide bonds. The Morgan fingerprint density at radius 1 is 1.77 bits per heavy atom. The summed E-state index contributed by atoms with van der Waals surface area (Å²) in [6.07, 6.45) is 1.47. The Labute approximate surface area is 81.9 Å². The number of nitrogens with one attached hydrogen (secondary N) is 1. The van der Waals surface area contributed by atoms with Crippen LogP contribution in [0, 0.1) is 0 Å². The van der Waals surface area contributed by atoms with Crippen molar-refractivity contribution in [2.24, 2.45) is 7.05 Å². The maximum Gasteiger partial charge on any atom is 0.198 e. The van der Waals surface area contributed by atoms with Gasteiger partial charge in [-0.15, -0.1) is 0 Å². The summed E-state index contributed by atoms with van der Waals surface area (Å²) in [5.41, 5.74) is 0.448. The first-order valence-corrected chi connectivity index (χ1v) is 4.34. The zero-order valence-corrected chi connectivity index (χ0v) is 8.59. The van der Waals surface area contributed by atoms with Crippen LogP contribution in [0.15, 0.2) is 6.20 Å².